The van der Waals surface area contributed by atoms with Crippen molar-refractivity contribution >= 4 is 17.9 Å². The third-order valence-corrected chi connectivity index (χ3v) is 12.0. The Balaban J connectivity index is 4.20. The molecule has 0 saturated carbocycles. The Labute approximate surface area is 437 Å². The van der Waals surface area contributed by atoms with Gasteiger partial charge >= 0.3 is 17.9 Å². The van der Waals surface area contributed by atoms with Crippen LogP contribution in [0.5, 0.6) is 0 Å². The summed E-state index contributed by atoms with van der Waals surface area (Å²) in [6.07, 6.45) is 80.7. The molecule has 0 N–H and O–H groups in total. The minimum Gasteiger partial charge on any atom is -0.462 e. The minimum absolute atomic E-state index is 0.0921. The summed E-state index contributed by atoms with van der Waals surface area (Å²) in [7, 11) is 0. The summed E-state index contributed by atoms with van der Waals surface area (Å²) < 4.78 is 16.8. The highest BCUT2D eigenvalue weighted by atomic mass is 16.6. The molecule has 0 aromatic heterocycles. The standard InChI is InChI=1S/C65H106O6/c1-4-7-10-13-16-19-21-23-24-25-26-27-28-29-30-31-32-33-34-35-36-37-38-39-40-42-43-46-49-52-55-58-64(67)70-61-62(60-69-63(66)57-54-51-48-45-18-15-12-9-6-3)71-65(68)59-56-53-50-47-44-41-22-20-17-14-11-8-5-2/h7-8,10-11,16-17,19-20,23-24,26-27,29-30,32-33,35-36,41,44,62H,4-6,9,12-15,18,21-22,25,28,31,34,37-40,42-43,45-61H2,1-3H3/b10-7-,11-8-,19-16-,20-17-,24-23-,27-26-,30-29-,33-32-,36-35-,44-41-. The van der Waals surface area contributed by atoms with Crippen LogP contribution in [0.4, 0.5) is 0 Å². The Hall–Kier alpha value is -4.19. The maximum atomic E-state index is 12.8. The van der Waals surface area contributed by atoms with Crippen LogP contribution in [0.2, 0.25) is 0 Å². The van der Waals surface area contributed by atoms with Crippen molar-refractivity contribution in [1.29, 1.82) is 0 Å². The molecule has 0 rings (SSSR count). The van der Waals surface area contributed by atoms with Crippen LogP contribution >= 0.6 is 0 Å². The van der Waals surface area contributed by atoms with Crippen molar-refractivity contribution < 1.29 is 28.6 Å². The summed E-state index contributed by atoms with van der Waals surface area (Å²) in [6.45, 7) is 6.35. The van der Waals surface area contributed by atoms with Crippen molar-refractivity contribution in [3.63, 3.8) is 0 Å². The summed E-state index contributed by atoms with van der Waals surface area (Å²) in [6, 6.07) is 0. The van der Waals surface area contributed by atoms with Gasteiger partial charge < -0.3 is 14.2 Å². The molecule has 0 aromatic rings. The van der Waals surface area contributed by atoms with Crippen LogP contribution in [-0.2, 0) is 28.6 Å². The number of esters is 3. The van der Waals surface area contributed by atoms with E-state index in [4.69, 9.17) is 14.2 Å². The fraction of sp³-hybridized carbons (Fsp3) is 0.646. The summed E-state index contributed by atoms with van der Waals surface area (Å²) in [5.41, 5.74) is 0. The molecule has 1 unspecified atom stereocenters. The molecule has 6 nitrogen and oxygen atoms in total. The fourth-order valence-corrected chi connectivity index (χ4v) is 7.67. The first-order valence-corrected chi connectivity index (χ1v) is 29.0. The zero-order chi connectivity index (χ0) is 51.4. The van der Waals surface area contributed by atoms with E-state index < -0.39 is 6.10 Å². The highest BCUT2D eigenvalue weighted by Crippen LogP contribution is 2.14. The molecule has 0 saturated heterocycles. The number of hydrogen-bond acceptors (Lipinski definition) is 6. The van der Waals surface area contributed by atoms with Gasteiger partial charge in [0.2, 0.25) is 0 Å². The van der Waals surface area contributed by atoms with Gasteiger partial charge in [-0.1, -0.05) is 245 Å². The van der Waals surface area contributed by atoms with Crippen LogP contribution < -0.4 is 0 Å². The molecule has 0 aliphatic carbocycles. The zero-order valence-corrected chi connectivity index (χ0v) is 45.9. The predicted molar refractivity (Wildman–Crippen MR) is 306 cm³/mol. The smallest absolute Gasteiger partial charge is 0.306 e. The van der Waals surface area contributed by atoms with Crippen LogP contribution in [0.1, 0.15) is 252 Å². The Morgan fingerprint density at radius 2 is 0.549 bits per heavy atom. The van der Waals surface area contributed by atoms with Crippen molar-refractivity contribution in [3.8, 4) is 0 Å². The van der Waals surface area contributed by atoms with Gasteiger partial charge in [-0.3, -0.25) is 14.4 Å². The molecular weight excluding hydrogens is 877 g/mol. The topological polar surface area (TPSA) is 78.9 Å². The Bertz CT molecular complexity index is 1500. The molecule has 0 aromatic carbocycles. The van der Waals surface area contributed by atoms with Crippen LogP contribution in [0, 0.1) is 0 Å². The van der Waals surface area contributed by atoms with Crippen LogP contribution in [0.15, 0.2) is 122 Å². The lowest BCUT2D eigenvalue weighted by Crippen LogP contribution is -2.30. The number of unbranched alkanes of at least 4 members (excludes halogenated alkanes) is 20. The second-order valence-electron chi connectivity index (χ2n) is 18.8. The number of rotatable bonds is 51. The lowest BCUT2D eigenvalue weighted by molar-refractivity contribution is -0.167. The van der Waals surface area contributed by atoms with Gasteiger partial charge in [-0.05, 0) is 109 Å². The van der Waals surface area contributed by atoms with Gasteiger partial charge in [-0.2, -0.15) is 0 Å². The largest absolute Gasteiger partial charge is 0.462 e. The highest BCUT2D eigenvalue weighted by Gasteiger charge is 2.19. The summed E-state index contributed by atoms with van der Waals surface area (Å²) >= 11 is 0. The van der Waals surface area contributed by atoms with E-state index >= 15 is 0 Å². The van der Waals surface area contributed by atoms with Gasteiger partial charge in [0.05, 0.1) is 0 Å². The van der Waals surface area contributed by atoms with Crippen molar-refractivity contribution in [2.45, 2.75) is 258 Å². The Kier molecular flexibility index (Phi) is 54.9. The molecule has 71 heavy (non-hydrogen) atoms. The quantitative estimate of drug-likeness (QED) is 0.0261. The highest BCUT2D eigenvalue weighted by molar-refractivity contribution is 5.71. The van der Waals surface area contributed by atoms with Crippen molar-refractivity contribution in [2.24, 2.45) is 0 Å². The molecule has 0 fully saturated rings. The van der Waals surface area contributed by atoms with Crippen LogP contribution in [0.3, 0.4) is 0 Å². The van der Waals surface area contributed by atoms with E-state index in [0.717, 1.165) is 135 Å². The average Bonchev–Trinajstić information content (AvgIpc) is 3.37. The first kappa shape index (κ1) is 66.8. The Morgan fingerprint density at radius 1 is 0.296 bits per heavy atom. The minimum atomic E-state index is -0.795. The molecule has 1 atom stereocenters. The van der Waals surface area contributed by atoms with E-state index in [1.54, 1.807) is 0 Å². The van der Waals surface area contributed by atoms with Gasteiger partial charge in [-0.25, -0.2) is 0 Å². The first-order valence-electron chi connectivity index (χ1n) is 29.0. The molecule has 402 valence electrons. The molecule has 0 amide bonds. The predicted octanol–water partition coefficient (Wildman–Crippen LogP) is 19.6. The second kappa shape index (κ2) is 58.4. The third-order valence-electron chi connectivity index (χ3n) is 12.0. The molecule has 0 bridgehead atoms. The Morgan fingerprint density at radius 3 is 0.873 bits per heavy atom. The van der Waals surface area contributed by atoms with E-state index in [9.17, 15) is 14.4 Å². The fourth-order valence-electron chi connectivity index (χ4n) is 7.67. The van der Waals surface area contributed by atoms with Crippen LogP contribution in [0.25, 0.3) is 0 Å². The monoisotopic (exact) mass is 983 g/mol. The van der Waals surface area contributed by atoms with Crippen molar-refractivity contribution in [1.82, 2.24) is 0 Å². The molecule has 0 spiro atoms. The average molecular weight is 984 g/mol. The first-order chi connectivity index (χ1) is 35.0. The van der Waals surface area contributed by atoms with E-state index in [1.165, 1.54) is 77.0 Å². The molecule has 6 heteroatoms. The number of carbonyl (C=O) groups is 3. The number of ether oxygens (including phenoxy) is 3. The lowest BCUT2D eigenvalue weighted by Gasteiger charge is -2.18. The summed E-state index contributed by atoms with van der Waals surface area (Å²) in [5.74, 6) is -0.934. The normalized spacial score (nSPS) is 13.0. The summed E-state index contributed by atoms with van der Waals surface area (Å²) in [4.78, 5) is 38.0. The molecular formula is C65H106O6. The van der Waals surface area contributed by atoms with Crippen molar-refractivity contribution in [2.75, 3.05) is 13.2 Å². The van der Waals surface area contributed by atoms with Gasteiger partial charge in [-0.15, -0.1) is 0 Å². The lowest BCUT2D eigenvalue weighted by atomic mass is 10.1. The van der Waals surface area contributed by atoms with Crippen LogP contribution in [-0.4, -0.2) is 37.2 Å². The SMILES string of the molecule is CC/C=C\C/C=C\C/C=C\C/C=C\C/C=C\C/C=C\C/C=C\CCCCCCCCCCCC(=O)OCC(COC(=O)CCCCCCCCCCC)OC(=O)CCCCC/C=C\C/C=C\C/C=C\CC. The van der Waals surface area contributed by atoms with E-state index in [2.05, 4.69) is 142 Å². The summed E-state index contributed by atoms with van der Waals surface area (Å²) in [5, 5.41) is 0. The van der Waals surface area contributed by atoms with Gasteiger partial charge in [0, 0.05) is 19.3 Å². The molecule has 0 heterocycles. The number of hydrogen-bond donors (Lipinski definition) is 0. The molecule has 0 aliphatic rings. The van der Waals surface area contributed by atoms with E-state index in [0.29, 0.717) is 12.8 Å². The van der Waals surface area contributed by atoms with Gasteiger partial charge in [0.15, 0.2) is 6.10 Å². The number of allylic oxidation sites excluding steroid dienone is 20. The van der Waals surface area contributed by atoms with Gasteiger partial charge in [0.25, 0.3) is 0 Å². The number of carbonyl (C=O) groups excluding carboxylic acids is 3. The molecule has 0 aliphatic heterocycles. The third kappa shape index (κ3) is 56.6. The van der Waals surface area contributed by atoms with E-state index in [-0.39, 0.29) is 37.5 Å². The maximum Gasteiger partial charge on any atom is 0.306 e. The molecule has 0 radical (unpaired) electrons. The van der Waals surface area contributed by atoms with Gasteiger partial charge in [0.1, 0.15) is 13.2 Å². The maximum absolute atomic E-state index is 12.8. The zero-order valence-electron chi connectivity index (χ0n) is 45.9. The second-order valence-corrected chi connectivity index (χ2v) is 18.8. The van der Waals surface area contributed by atoms with E-state index in [1.807, 2.05) is 0 Å². The van der Waals surface area contributed by atoms with Crippen molar-refractivity contribution in [3.05, 3.63) is 122 Å².